The van der Waals surface area contributed by atoms with Crippen LogP contribution in [-0.4, -0.2) is 43.5 Å². The lowest BCUT2D eigenvalue weighted by atomic mass is 10.1. The summed E-state index contributed by atoms with van der Waals surface area (Å²) in [7, 11) is 1.53. The first-order valence-corrected chi connectivity index (χ1v) is 6.95. The van der Waals surface area contributed by atoms with Gasteiger partial charge in [0.2, 0.25) is 11.8 Å². The molecule has 0 radical (unpaired) electrons. The highest BCUT2D eigenvalue weighted by atomic mass is 35.5. The second kappa shape index (κ2) is 6.67. The van der Waals surface area contributed by atoms with Crippen LogP contribution in [0.25, 0.3) is 0 Å². The van der Waals surface area contributed by atoms with Crippen molar-refractivity contribution in [1.82, 2.24) is 4.90 Å². The van der Waals surface area contributed by atoms with Crippen molar-refractivity contribution < 1.29 is 19.1 Å². The molecule has 1 heterocycles. The van der Waals surface area contributed by atoms with E-state index in [0.29, 0.717) is 35.3 Å². The van der Waals surface area contributed by atoms with Crippen LogP contribution in [0.1, 0.15) is 12.0 Å². The molecule has 0 atom stereocenters. The number of likely N-dealkylation sites (N-methyl/N-ethyl adjacent to an activating group) is 1. The van der Waals surface area contributed by atoms with Crippen LogP contribution in [0.5, 0.6) is 11.5 Å². The van der Waals surface area contributed by atoms with E-state index in [2.05, 4.69) is 0 Å². The number of nitrogens with zero attached hydrogens (tertiary/aromatic N) is 1. The Morgan fingerprint density at radius 1 is 1.33 bits per heavy atom. The number of nitrogens with two attached hydrogens (primary N) is 1. The van der Waals surface area contributed by atoms with Crippen molar-refractivity contribution in [2.75, 3.05) is 26.8 Å². The van der Waals surface area contributed by atoms with E-state index in [0.717, 1.165) is 6.42 Å². The number of hydrogen-bond donors (Lipinski definition) is 1. The van der Waals surface area contributed by atoms with Crippen molar-refractivity contribution in [2.45, 2.75) is 12.8 Å². The zero-order valence-electron chi connectivity index (χ0n) is 11.7. The molecule has 0 bridgehead atoms. The molecule has 2 rings (SSSR count). The summed E-state index contributed by atoms with van der Waals surface area (Å²) in [6.45, 7) is 0.978. The summed E-state index contributed by atoms with van der Waals surface area (Å²) in [5, 5.41) is 0.412. The number of carbonyl (C=O) groups excluding carboxylic acids is 2. The summed E-state index contributed by atoms with van der Waals surface area (Å²) < 4.78 is 11.1. The third-order valence-corrected chi connectivity index (χ3v) is 3.32. The number of carbonyl (C=O) groups is 2. The average Bonchev–Trinajstić information content (AvgIpc) is 2.63. The van der Waals surface area contributed by atoms with Crippen LogP contribution in [-0.2, 0) is 16.0 Å². The zero-order chi connectivity index (χ0) is 15.4. The van der Waals surface area contributed by atoms with Crippen molar-refractivity contribution in [3.63, 3.8) is 0 Å². The molecule has 1 aromatic rings. The van der Waals surface area contributed by atoms with Gasteiger partial charge in [-0.2, -0.15) is 0 Å². The van der Waals surface area contributed by atoms with Gasteiger partial charge in [-0.1, -0.05) is 11.6 Å². The molecule has 0 fully saturated rings. The smallest absolute Gasteiger partial charge is 0.237 e. The molecule has 2 N–H and O–H groups in total. The molecule has 0 saturated carbocycles. The molecule has 6 nitrogen and oxygen atoms in total. The maximum atomic E-state index is 12.0. The number of halogens is 1. The number of primary amides is 1. The zero-order valence-corrected chi connectivity index (χ0v) is 12.5. The molecule has 21 heavy (non-hydrogen) atoms. The summed E-state index contributed by atoms with van der Waals surface area (Å²) in [6, 6.07) is 3.41. The Hall–Kier alpha value is -1.95. The number of fused-ring (bicyclic) bond motifs is 1. The molecular formula is C14H17ClN2O4. The highest BCUT2D eigenvalue weighted by Crippen LogP contribution is 2.38. The first-order chi connectivity index (χ1) is 9.97. The normalized spacial score (nSPS) is 13.4. The van der Waals surface area contributed by atoms with E-state index < -0.39 is 5.91 Å². The molecule has 1 aromatic carbocycles. The summed E-state index contributed by atoms with van der Waals surface area (Å²) in [4.78, 5) is 24.1. The van der Waals surface area contributed by atoms with Gasteiger partial charge in [0, 0.05) is 13.5 Å². The van der Waals surface area contributed by atoms with Gasteiger partial charge in [0.25, 0.3) is 0 Å². The largest absolute Gasteiger partial charge is 0.489 e. The van der Waals surface area contributed by atoms with Crippen molar-refractivity contribution in [2.24, 2.45) is 5.73 Å². The fourth-order valence-electron chi connectivity index (χ4n) is 2.02. The lowest BCUT2D eigenvalue weighted by molar-refractivity contribution is -0.133. The number of hydrogen-bond acceptors (Lipinski definition) is 4. The Labute approximate surface area is 127 Å². The lowest BCUT2D eigenvalue weighted by Gasteiger charge is -2.16. The highest BCUT2D eigenvalue weighted by molar-refractivity contribution is 6.32. The summed E-state index contributed by atoms with van der Waals surface area (Å²) >= 11 is 6.16. The molecule has 1 aliphatic rings. The SMILES string of the molecule is CN(CC(N)=O)C(=O)Cc1cc(Cl)c2c(c1)OCCCO2. The van der Waals surface area contributed by atoms with Gasteiger partial charge in [0.15, 0.2) is 11.5 Å². The van der Waals surface area contributed by atoms with E-state index in [1.54, 1.807) is 12.1 Å². The molecular weight excluding hydrogens is 296 g/mol. The quantitative estimate of drug-likeness (QED) is 0.899. The van der Waals surface area contributed by atoms with Gasteiger partial charge in [-0.3, -0.25) is 9.59 Å². The van der Waals surface area contributed by atoms with E-state index in [1.165, 1.54) is 11.9 Å². The predicted molar refractivity (Wildman–Crippen MR) is 77.6 cm³/mol. The minimum absolute atomic E-state index is 0.111. The average molecular weight is 313 g/mol. The highest BCUT2D eigenvalue weighted by Gasteiger charge is 2.18. The lowest BCUT2D eigenvalue weighted by Crippen LogP contribution is -2.36. The molecule has 2 amide bonds. The van der Waals surface area contributed by atoms with Crippen LogP contribution >= 0.6 is 11.6 Å². The molecule has 0 spiro atoms. The van der Waals surface area contributed by atoms with Crippen LogP contribution < -0.4 is 15.2 Å². The first kappa shape index (κ1) is 15.4. The van der Waals surface area contributed by atoms with Crippen molar-refractivity contribution in [3.8, 4) is 11.5 Å². The van der Waals surface area contributed by atoms with Crippen molar-refractivity contribution in [1.29, 1.82) is 0 Å². The van der Waals surface area contributed by atoms with Crippen LogP contribution in [0.3, 0.4) is 0 Å². The predicted octanol–water partition coefficient (Wildman–Crippen LogP) is 0.988. The van der Waals surface area contributed by atoms with E-state index in [-0.39, 0.29) is 18.9 Å². The minimum Gasteiger partial charge on any atom is -0.489 e. The molecule has 0 aliphatic carbocycles. The second-order valence-corrected chi connectivity index (χ2v) is 5.26. The van der Waals surface area contributed by atoms with Crippen molar-refractivity contribution >= 4 is 23.4 Å². The van der Waals surface area contributed by atoms with E-state index in [4.69, 9.17) is 26.8 Å². The minimum atomic E-state index is -0.553. The van der Waals surface area contributed by atoms with Crippen LogP contribution in [0.15, 0.2) is 12.1 Å². The Morgan fingerprint density at radius 3 is 2.76 bits per heavy atom. The number of rotatable bonds is 4. The Kier molecular flexibility index (Phi) is 4.90. The number of ether oxygens (including phenoxy) is 2. The molecule has 0 unspecified atom stereocenters. The topological polar surface area (TPSA) is 81.9 Å². The van der Waals surface area contributed by atoms with E-state index >= 15 is 0 Å². The molecule has 0 aromatic heterocycles. The Morgan fingerprint density at radius 2 is 2.05 bits per heavy atom. The third kappa shape index (κ3) is 4.01. The van der Waals surface area contributed by atoms with Gasteiger partial charge < -0.3 is 20.1 Å². The molecule has 114 valence electrons. The molecule has 1 aliphatic heterocycles. The monoisotopic (exact) mass is 312 g/mol. The summed E-state index contributed by atoms with van der Waals surface area (Å²) in [6.07, 6.45) is 0.890. The van der Waals surface area contributed by atoms with E-state index in [9.17, 15) is 9.59 Å². The van der Waals surface area contributed by atoms with E-state index in [1.807, 2.05) is 0 Å². The van der Waals surface area contributed by atoms with Gasteiger partial charge in [0.05, 0.1) is 31.2 Å². The van der Waals surface area contributed by atoms with Crippen LogP contribution in [0.2, 0.25) is 5.02 Å². The maximum Gasteiger partial charge on any atom is 0.237 e. The molecule has 0 saturated heterocycles. The van der Waals surface area contributed by atoms with Gasteiger partial charge in [-0.25, -0.2) is 0 Å². The number of benzene rings is 1. The fraction of sp³-hybridized carbons (Fsp3) is 0.429. The third-order valence-electron chi connectivity index (χ3n) is 3.04. The van der Waals surface area contributed by atoms with Crippen LogP contribution in [0.4, 0.5) is 0 Å². The molecule has 7 heteroatoms. The van der Waals surface area contributed by atoms with Gasteiger partial charge in [-0.05, 0) is 17.7 Å². The number of amides is 2. The maximum absolute atomic E-state index is 12.0. The van der Waals surface area contributed by atoms with Crippen molar-refractivity contribution in [3.05, 3.63) is 22.7 Å². The fourth-order valence-corrected chi connectivity index (χ4v) is 2.31. The summed E-state index contributed by atoms with van der Waals surface area (Å²) in [5.74, 6) is 0.276. The summed E-state index contributed by atoms with van der Waals surface area (Å²) in [5.41, 5.74) is 5.77. The Bertz CT molecular complexity index is 562. The van der Waals surface area contributed by atoms with Gasteiger partial charge in [-0.15, -0.1) is 0 Å². The van der Waals surface area contributed by atoms with Crippen LogP contribution in [0, 0.1) is 0 Å². The second-order valence-electron chi connectivity index (χ2n) is 4.85. The van der Waals surface area contributed by atoms with Gasteiger partial charge in [0.1, 0.15) is 0 Å². The standard InChI is InChI=1S/C14H17ClN2O4/c1-17(8-12(16)18)13(19)7-9-5-10(15)14-11(6-9)20-3-2-4-21-14/h5-6H,2-4,7-8H2,1H3,(H2,16,18). The first-order valence-electron chi connectivity index (χ1n) is 6.57. The van der Waals surface area contributed by atoms with Gasteiger partial charge >= 0.3 is 0 Å². The Balaban J connectivity index is 2.14.